The molecule has 134 valence electrons. The van der Waals surface area contributed by atoms with Crippen LogP contribution in [0.15, 0.2) is 69.6 Å². The lowest BCUT2D eigenvalue weighted by molar-refractivity contribution is 0.0948. The average molecular weight is 412 g/mol. The number of carbonyl (C=O) groups is 1. The Labute approximate surface area is 162 Å². The maximum absolute atomic E-state index is 12.3. The molecule has 0 atom stereocenters. The van der Waals surface area contributed by atoms with E-state index in [1.54, 1.807) is 0 Å². The molecule has 0 spiro atoms. The highest BCUT2D eigenvalue weighted by molar-refractivity contribution is 9.10. The van der Waals surface area contributed by atoms with Gasteiger partial charge in [0.15, 0.2) is 0 Å². The molecule has 26 heavy (non-hydrogen) atoms. The van der Waals surface area contributed by atoms with E-state index >= 15 is 0 Å². The molecule has 0 aliphatic heterocycles. The molecular formula is C22H22BrNO2. The first kappa shape index (κ1) is 18.5. The van der Waals surface area contributed by atoms with Crippen LogP contribution >= 0.6 is 15.9 Å². The van der Waals surface area contributed by atoms with Gasteiger partial charge in [0, 0.05) is 15.6 Å². The molecule has 0 fully saturated rings. The van der Waals surface area contributed by atoms with Gasteiger partial charge in [0.05, 0.1) is 6.54 Å². The highest BCUT2D eigenvalue weighted by Crippen LogP contribution is 2.24. The fraction of sp³-hybridized carbons (Fsp3) is 0.227. The lowest BCUT2D eigenvalue weighted by Crippen LogP contribution is -2.22. The SMILES string of the molecule is CC(C)(C)c1ccc(C(=O)NCc2ccc(-c3ccc(Br)cc3)o2)cc1. The van der Waals surface area contributed by atoms with Crippen molar-refractivity contribution in [1.29, 1.82) is 0 Å². The van der Waals surface area contributed by atoms with Crippen molar-refractivity contribution in [3.63, 3.8) is 0 Å². The largest absolute Gasteiger partial charge is 0.459 e. The van der Waals surface area contributed by atoms with Gasteiger partial charge >= 0.3 is 0 Å². The van der Waals surface area contributed by atoms with Crippen LogP contribution in [0.5, 0.6) is 0 Å². The Morgan fingerprint density at radius 2 is 1.62 bits per heavy atom. The maximum Gasteiger partial charge on any atom is 0.251 e. The summed E-state index contributed by atoms with van der Waals surface area (Å²) in [6, 6.07) is 19.5. The standard InChI is InChI=1S/C22H22BrNO2/c1-22(2,3)17-8-4-16(5-9-17)21(25)24-14-19-12-13-20(26-19)15-6-10-18(23)11-7-15/h4-13H,14H2,1-3H3,(H,24,25). The number of benzene rings is 2. The van der Waals surface area contributed by atoms with Gasteiger partial charge in [-0.05, 0) is 47.4 Å². The Balaban J connectivity index is 1.62. The summed E-state index contributed by atoms with van der Waals surface area (Å²) in [4.78, 5) is 12.3. The molecule has 3 nitrogen and oxygen atoms in total. The first-order valence-electron chi connectivity index (χ1n) is 8.56. The molecule has 0 bridgehead atoms. The molecule has 4 heteroatoms. The summed E-state index contributed by atoms with van der Waals surface area (Å²) in [5.74, 6) is 1.41. The molecule has 3 rings (SSSR count). The van der Waals surface area contributed by atoms with Gasteiger partial charge in [-0.3, -0.25) is 4.79 Å². The zero-order valence-electron chi connectivity index (χ0n) is 15.2. The second-order valence-corrected chi connectivity index (χ2v) is 8.20. The van der Waals surface area contributed by atoms with E-state index in [4.69, 9.17) is 4.42 Å². The van der Waals surface area contributed by atoms with Crippen LogP contribution in [0.2, 0.25) is 0 Å². The Morgan fingerprint density at radius 1 is 0.962 bits per heavy atom. The first-order chi connectivity index (χ1) is 12.3. The summed E-state index contributed by atoms with van der Waals surface area (Å²) in [6.07, 6.45) is 0. The van der Waals surface area contributed by atoms with Crippen LogP contribution in [0, 0.1) is 0 Å². The molecule has 0 unspecified atom stereocenters. The van der Waals surface area contributed by atoms with Crippen molar-refractivity contribution in [2.24, 2.45) is 0 Å². The second-order valence-electron chi connectivity index (χ2n) is 7.28. The number of furan rings is 1. The fourth-order valence-corrected chi connectivity index (χ4v) is 2.90. The molecule has 1 amide bonds. The zero-order valence-corrected chi connectivity index (χ0v) is 16.8. The van der Waals surface area contributed by atoms with Crippen LogP contribution in [0.4, 0.5) is 0 Å². The Hall–Kier alpha value is -2.33. The smallest absolute Gasteiger partial charge is 0.251 e. The molecule has 0 saturated heterocycles. The van der Waals surface area contributed by atoms with Crippen molar-refractivity contribution in [2.75, 3.05) is 0 Å². The molecule has 0 aliphatic rings. The van der Waals surface area contributed by atoms with E-state index in [0.717, 1.165) is 21.6 Å². The first-order valence-corrected chi connectivity index (χ1v) is 9.35. The van der Waals surface area contributed by atoms with E-state index in [-0.39, 0.29) is 11.3 Å². The number of hydrogen-bond donors (Lipinski definition) is 1. The second kappa shape index (κ2) is 7.50. The van der Waals surface area contributed by atoms with Crippen LogP contribution in [0.25, 0.3) is 11.3 Å². The summed E-state index contributed by atoms with van der Waals surface area (Å²) in [5, 5.41) is 2.91. The summed E-state index contributed by atoms with van der Waals surface area (Å²) in [5.41, 5.74) is 2.94. The summed E-state index contributed by atoms with van der Waals surface area (Å²) in [6.45, 7) is 6.82. The van der Waals surface area contributed by atoms with Gasteiger partial charge < -0.3 is 9.73 Å². The normalized spacial score (nSPS) is 11.4. The van der Waals surface area contributed by atoms with E-state index in [2.05, 4.69) is 42.0 Å². The van der Waals surface area contributed by atoms with Crippen molar-refractivity contribution < 1.29 is 9.21 Å². The monoisotopic (exact) mass is 411 g/mol. The molecule has 0 saturated carbocycles. The minimum Gasteiger partial charge on any atom is -0.459 e. The Kier molecular flexibility index (Phi) is 5.33. The third-order valence-corrected chi connectivity index (χ3v) is 4.76. The van der Waals surface area contributed by atoms with E-state index in [0.29, 0.717) is 12.1 Å². The molecule has 3 aromatic rings. The van der Waals surface area contributed by atoms with Gasteiger partial charge in [-0.1, -0.05) is 61.0 Å². The zero-order chi connectivity index (χ0) is 18.7. The van der Waals surface area contributed by atoms with E-state index in [1.165, 1.54) is 5.56 Å². The highest BCUT2D eigenvalue weighted by atomic mass is 79.9. The third kappa shape index (κ3) is 4.44. The van der Waals surface area contributed by atoms with Gasteiger partial charge in [-0.25, -0.2) is 0 Å². The molecule has 0 radical (unpaired) electrons. The molecule has 0 aliphatic carbocycles. The number of amides is 1. The summed E-state index contributed by atoms with van der Waals surface area (Å²) in [7, 11) is 0. The molecule has 1 aromatic heterocycles. The number of rotatable bonds is 4. The van der Waals surface area contributed by atoms with Crippen LogP contribution in [0.1, 0.15) is 42.5 Å². The van der Waals surface area contributed by atoms with Crippen molar-refractivity contribution >= 4 is 21.8 Å². The van der Waals surface area contributed by atoms with E-state index in [1.807, 2.05) is 60.7 Å². The third-order valence-electron chi connectivity index (χ3n) is 4.23. The van der Waals surface area contributed by atoms with Crippen LogP contribution in [-0.2, 0) is 12.0 Å². The lowest BCUT2D eigenvalue weighted by atomic mass is 9.87. The van der Waals surface area contributed by atoms with Crippen LogP contribution < -0.4 is 5.32 Å². The van der Waals surface area contributed by atoms with Gasteiger partial charge in [0.2, 0.25) is 0 Å². The van der Waals surface area contributed by atoms with E-state index < -0.39 is 0 Å². The van der Waals surface area contributed by atoms with Crippen molar-refractivity contribution in [1.82, 2.24) is 5.32 Å². The number of hydrogen-bond acceptors (Lipinski definition) is 2. The van der Waals surface area contributed by atoms with Crippen molar-refractivity contribution in [2.45, 2.75) is 32.7 Å². The topological polar surface area (TPSA) is 42.2 Å². The number of halogens is 1. The van der Waals surface area contributed by atoms with Crippen molar-refractivity contribution in [3.05, 3.63) is 82.0 Å². The minimum absolute atomic E-state index is 0.0760. The van der Waals surface area contributed by atoms with Gasteiger partial charge in [-0.2, -0.15) is 0 Å². The van der Waals surface area contributed by atoms with E-state index in [9.17, 15) is 4.79 Å². The molecular weight excluding hydrogens is 390 g/mol. The molecule has 1 N–H and O–H groups in total. The number of nitrogens with one attached hydrogen (secondary N) is 1. The highest BCUT2D eigenvalue weighted by Gasteiger charge is 2.14. The maximum atomic E-state index is 12.3. The summed E-state index contributed by atoms with van der Waals surface area (Å²) >= 11 is 3.42. The minimum atomic E-state index is -0.105. The van der Waals surface area contributed by atoms with Crippen LogP contribution in [0.3, 0.4) is 0 Å². The quantitative estimate of drug-likeness (QED) is 0.577. The molecule has 1 heterocycles. The Bertz CT molecular complexity index is 887. The predicted octanol–water partition coefficient (Wildman–Crippen LogP) is 5.94. The van der Waals surface area contributed by atoms with Crippen LogP contribution in [-0.4, -0.2) is 5.91 Å². The van der Waals surface area contributed by atoms with Crippen molar-refractivity contribution in [3.8, 4) is 11.3 Å². The van der Waals surface area contributed by atoms with Gasteiger partial charge in [0.25, 0.3) is 5.91 Å². The van der Waals surface area contributed by atoms with Gasteiger partial charge in [-0.15, -0.1) is 0 Å². The number of carbonyl (C=O) groups excluding carboxylic acids is 1. The average Bonchev–Trinajstić information content (AvgIpc) is 3.08. The molecule has 2 aromatic carbocycles. The lowest BCUT2D eigenvalue weighted by Gasteiger charge is -2.19. The van der Waals surface area contributed by atoms with Gasteiger partial charge in [0.1, 0.15) is 11.5 Å². The Morgan fingerprint density at radius 3 is 2.23 bits per heavy atom. The summed E-state index contributed by atoms with van der Waals surface area (Å²) < 4.78 is 6.86. The predicted molar refractivity (Wildman–Crippen MR) is 108 cm³/mol. The fourth-order valence-electron chi connectivity index (χ4n) is 2.63.